The van der Waals surface area contributed by atoms with Crippen LogP contribution in [0.2, 0.25) is 0 Å². The highest BCUT2D eigenvalue weighted by atomic mass is 19.4. The zero-order valence-electron chi connectivity index (χ0n) is 10.7. The molecule has 0 spiro atoms. The van der Waals surface area contributed by atoms with Crippen LogP contribution in [0.1, 0.15) is 26.3 Å². The van der Waals surface area contributed by atoms with Crippen LogP contribution in [0.15, 0.2) is 24.3 Å². The molecule has 102 valence electrons. The Morgan fingerprint density at radius 1 is 1.11 bits per heavy atom. The molecule has 0 saturated heterocycles. The van der Waals surface area contributed by atoms with Crippen molar-refractivity contribution in [2.75, 3.05) is 0 Å². The zero-order valence-corrected chi connectivity index (χ0v) is 10.7. The number of hydrogen-bond donors (Lipinski definition) is 1. The van der Waals surface area contributed by atoms with Crippen molar-refractivity contribution < 1.29 is 17.9 Å². The van der Waals surface area contributed by atoms with E-state index in [9.17, 15) is 13.2 Å². The molecule has 0 heterocycles. The van der Waals surface area contributed by atoms with Gasteiger partial charge in [0.15, 0.2) is 0 Å². The van der Waals surface area contributed by atoms with E-state index in [2.05, 4.69) is 4.74 Å². The van der Waals surface area contributed by atoms with Crippen molar-refractivity contribution >= 4 is 0 Å². The second-order valence-corrected chi connectivity index (χ2v) is 5.37. The van der Waals surface area contributed by atoms with E-state index in [4.69, 9.17) is 5.73 Å². The van der Waals surface area contributed by atoms with Crippen LogP contribution in [0.5, 0.6) is 5.75 Å². The van der Waals surface area contributed by atoms with Crippen LogP contribution in [0.4, 0.5) is 13.2 Å². The lowest BCUT2D eigenvalue weighted by Gasteiger charge is -2.27. The number of rotatable bonds is 3. The Morgan fingerprint density at radius 2 is 1.61 bits per heavy atom. The van der Waals surface area contributed by atoms with Crippen molar-refractivity contribution in [3.05, 3.63) is 29.8 Å². The Bertz CT molecular complexity index is 379. The molecular weight excluding hydrogens is 243 g/mol. The number of halogens is 3. The van der Waals surface area contributed by atoms with Crippen molar-refractivity contribution in [3.63, 3.8) is 0 Å². The molecule has 0 saturated carbocycles. The number of alkyl halides is 3. The van der Waals surface area contributed by atoms with E-state index in [1.165, 1.54) is 12.1 Å². The highest BCUT2D eigenvalue weighted by Gasteiger charge is 2.31. The van der Waals surface area contributed by atoms with Crippen LogP contribution >= 0.6 is 0 Å². The maximum absolute atomic E-state index is 12.0. The Kier molecular flexibility index (Phi) is 4.27. The van der Waals surface area contributed by atoms with E-state index in [1.807, 2.05) is 20.8 Å². The number of ether oxygens (including phenoxy) is 1. The summed E-state index contributed by atoms with van der Waals surface area (Å²) in [7, 11) is 0. The highest BCUT2D eigenvalue weighted by Crippen LogP contribution is 2.24. The van der Waals surface area contributed by atoms with Gasteiger partial charge in [0.2, 0.25) is 0 Å². The van der Waals surface area contributed by atoms with Gasteiger partial charge < -0.3 is 10.5 Å². The summed E-state index contributed by atoms with van der Waals surface area (Å²) in [4.78, 5) is 0. The van der Waals surface area contributed by atoms with Gasteiger partial charge in [-0.2, -0.15) is 0 Å². The monoisotopic (exact) mass is 261 g/mol. The van der Waals surface area contributed by atoms with Crippen molar-refractivity contribution in [2.24, 2.45) is 11.1 Å². The maximum atomic E-state index is 12.0. The SMILES string of the molecule is CC(C)(C)C(N)Cc1ccc(OC(F)(F)F)cc1. The molecule has 0 fully saturated rings. The van der Waals surface area contributed by atoms with E-state index >= 15 is 0 Å². The van der Waals surface area contributed by atoms with Gasteiger partial charge in [-0.05, 0) is 29.5 Å². The summed E-state index contributed by atoms with van der Waals surface area (Å²) in [5.41, 5.74) is 6.87. The van der Waals surface area contributed by atoms with Gasteiger partial charge in [-0.3, -0.25) is 0 Å². The molecule has 0 radical (unpaired) electrons. The molecule has 18 heavy (non-hydrogen) atoms. The van der Waals surface area contributed by atoms with E-state index in [1.54, 1.807) is 12.1 Å². The Morgan fingerprint density at radius 3 is 2.00 bits per heavy atom. The summed E-state index contributed by atoms with van der Waals surface area (Å²) in [6.45, 7) is 6.08. The summed E-state index contributed by atoms with van der Waals surface area (Å²) in [6, 6.07) is 5.77. The van der Waals surface area contributed by atoms with Gasteiger partial charge in [0.1, 0.15) is 5.75 Å². The number of hydrogen-bond acceptors (Lipinski definition) is 2. The van der Waals surface area contributed by atoms with Crippen molar-refractivity contribution in [1.29, 1.82) is 0 Å². The van der Waals surface area contributed by atoms with E-state index in [-0.39, 0.29) is 17.2 Å². The van der Waals surface area contributed by atoms with Crippen LogP contribution in [0.3, 0.4) is 0 Å². The number of benzene rings is 1. The lowest BCUT2D eigenvalue weighted by Crippen LogP contribution is -2.36. The third-order valence-electron chi connectivity index (χ3n) is 2.72. The van der Waals surface area contributed by atoms with Crippen molar-refractivity contribution in [2.45, 2.75) is 39.6 Å². The first kappa shape index (κ1) is 14.8. The topological polar surface area (TPSA) is 35.2 Å². The molecular formula is C13H18F3NO. The van der Waals surface area contributed by atoms with Gasteiger partial charge in [0.25, 0.3) is 0 Å². The van der Waals surface area contributed by atoms with E-state index in [0.29, 0.717) is 6.42 Å². The highest BCUT2D eigenvalue weighted by molar-refractivity contribution is 5.28. The molecule has 1 atom stereocenters. The molecule has 1 rings (SSSR count). The molecule has 0 aliphatic heterocycles. The van der Waals surface area contributed by atoms with E-state index < -0.39 is 6.36 Å². The predicted molar refractivity (Wildman–Crippen MR) is 64.3 cm³/mol. The Balaban J connectivity index is 2.66. The largest absolute Gasteiger partial charge is 0.573 e. The van der Waals surface area contributed by atoms with Crippen molar-refractivity contribution in [3.8, 4) is 5.75 Å². The number of nitrogens with two attached hydrogens (primary N) is 1. The summed E-state index contributed by atoms with van der Waals surface area (Å²) in [6.07, 6.45) is -4.03. The molecule has 0 bridgehead atoms. The van der Waals surface area contributed by atoms with Gasteiger partial charge in [0, 0.05) is 6.04 Å². The van der Waals surface area contributed by atoms with Crippen molar-refractivity contribution in [1.82, 2.24) is 0 Å². The fourth-order valence-electron chi connectivity index (χ4n) is 1.39. The average molecular weight is 261 g/mol. The average Bonchev–Trinajstić information content (AvgIpc) is 2.17. The zero-order chi connectivity index (χ0) is 14.0. The molecule has 1 aromatic rings. The minimum absolute atomic E-state index is 0.0405. The fraction of sp³-hybridized carbons (Fsp3) is 0.538. The second kappa shape index (κ2) is 5.18. The predicted octanol–water partition coefficient (Wildman–Crippen LogP) is 3.50. The molecule has 0 amide bonds. The van der Waals surface area contributed by atoms with Crippen LogP contribution in [0, 0.1) is 5.41 Å². The molecule has 2 nitrogen and oxygen atoms in total. The second-order valence-electron chi connectivity index (χ2n) is 5.37. The first-order valence-corrected chi connectivity index (χ1v) is 5.68. The van der Waals surface area contributed by atoms with Gasteiger partial charge >= 0.3 is 6.36 Å². The molecule has 1 unspecified atom stereocenters. The standard InChI is InChI=1S/C13H18F3NO/c1-12(2,3)11(17)8-9-4-6-10(7-5-9)18-13(14,15)16/h4-7,11H,8,17H2,1-3H3. The third-order valence-corrected chi connectivity index (χ3v) is 2.72. The summed E-state index contributed by atoms with van der Waals surface area (Å²) in [5.74, 6) is -0.212. The van der Waals surface area contributed by atoms with Gasteiger partial charge in [-0.25, -0.2) is 0 Å². The smallest absolute Gasteiger partial charge is 0.406 e. The molecule has 0 aliphatic carbocycles. The normalized spacial score (nSPS) is 14.4. The Labute approximate surface area is 105 Å². The molecule has 2 N–H and O–H groups in total. The van der Waals surface area contributed by atoms with Crippen LogP contribution < -0.4 is 10.5 Å². The van der Waals surface area contributed by atoms with Gasteiger partial charge in [-0.1, -0.05) is 32.9 Å². The summed E-state index contributed by atoms with van der Waals surface area (Å²) in [5, 5.41) is 0. The van der Waals surface area contributed by atoms with Crippen LogP contribution in [0.25, 0.3) is 0 Å². The maximum Gasteiger partial charge on any atom is 0.573 e. The summed E-state index contributed by atoms with van der Waals surface area (Å²) >= 11 is 0. The molecule has 1 aromatic carbocycles. The van der Waals surface area contributed by atoms with Crippen LogP contribution in [-0.2, 0) is 6.42 Å². The minimum atomic E-state index is -4.65. The minimum Gasteiger partial charge on any atom is -0.406 e. The Hall–Kier alpha value is -1.23. The van der Waals surface area contributed by atoms with E-state index in [0.717, 1.165) is 5.56 Å². The quantitative estimate of drug-likeness (QED) is 0.903. The van der Waals surface area contributed by atoms with Gasteiger partial charge in [-0.15, -0.1) is 13.2 Å². The van der Waals surface area contributed by atoms with Crippen LogP contribution in [-0.4, -0.2) is 12.4 Å². The van der Waals surface area contributed by atoms with Gasteiger partial charge in [0.05, 0.1) is 0 Å². The first-order valence-electron chi connectivity index (χ1n) is 5.68. The first-order chi connectivity index (χ1) is 8.08. The summed E-state index contributed by atoms with van der Waals surface area (Å²) < 4.78 is 39.7. The molecule has 0 aliphatic rings. The lowest BCUT2D eigenvalue weighted by molar-refractivity contribution is -0.274. The third kappa shape index (κ3) is 4.96. The fourth-order valence-corrected chi connectivity index (χ4v) is 1.39. The molecule has 5 heteroatoms. The molecule has 0 aromatic heterocycles. The lowest BCUT2D eigenvalue weighted by atomic mass is 9.84.